The first-order valence-electron chi connectivity index (χ1n) is 11.3. The predicted octanol–water partition coefficient (Wildman–Crippen LogP) is 4.26. The molecule has 2 aromatic heterocycles. The highest BCUT2D eigenvalue weighted by Crippen LogP contribution is 2.34. The van der Waals surface area contributed by atoms with E-state index in [1.54, 1.807) is 12.5 Å². The highest BCUT2D eigenvalue weighted by atomic mass is 19.1. The molecule has 4 aromatic rings. The van der Waals surface area contributed by atoms with Crippen LogP contribution in [0.2, 0.25) is 0 Å². The largest absolute Gasteiger partial charge is 0.393 e. The molecule has 8 heteroatoms. The zero-order valence-electron chi connectivity index (χ0n) is 18.8. The highest BCUT2D eigenvalue weighted by Gasteiger charge is 2.24. The lowest BCUT2D eigenvalue weighted by Crippen LogP contribution is -2.47. The van der Waals surface area contributed by atoms with E-state index in [0.29, 0.717) is 18.1 Å². The number of aromatic nitrogens is 3. The summed E-state index contributed by atoms with van der Waals surface area (Å²) in [6, 6.07) is 22.6. The molecule has 2 aromatic carbocycles. The molecule has 0 amide bonds. The standard InChI is InChI=1S/C26H26FN7/c27-21-9-11-22(12-10-21)32-14-16-33(17-15-32)25-24(28)26(31-19-30-25)34(23-8-4-5-13-29-23)18-20-6-2-1-3-7-20/h1-13,19H,14-18,28H2. The molecule has 1 saturated heterocycles. The summed E-state index contributed by atoms with van der Waals surface area (Å²) in [6.45, 7) is 3.66. The Hall–Kier alpha value is -4.20. The number of anilines is 5. The second-order valence-corrected chi connectivity index (χ2v) is 8.14. The quantitative estimate of drug-likeness (QED) is 0.466. The van der Waals surface area contributed by atoms with Crippen LogP contribution in [0.25, 0.3) is 0 Å². The maximum atomic E-state index is 13.3. The van der Waals surface area contributed by atoms with Crippen molar-refractivity contribution in [2.75, 3.05) is 46.6 Å². The average molecular weight is 456 g/mol. The lowest BCUT2D eigenvalue weighted by atomic mass is 10.2. The average Bonchev–Trinajstić information content (AvgIpc) is 2.89. The van der Waals surface area contributed by atoms with Gasteiger partial charge in [0.2, 0.25) is 0 Å². The van der Waals surface area contributed by atoms with Crippen molar-refractivity contribution in [3.63, 3.8) is 0 Å². The molecule has 7 nitrogen and oxygen atoms in total. The molecule has 1 fully saturated rings. The maximum Gasteiger partial charge on any atom is 0.163 e. The van der Waals surface area contributed by atoms with Gasteiger partial charge in [0.15, 0.2) is 11.6 Å². The Kier molecular flexibility index (Phi) is 6.20. The summed E-state index contributed by atoms with van der Waals surface area (Å²) in [4.78, 5) is 20.1. The van der Waals surface area contributed by atoms with Crippen molar-refractivity contribution in [1.82, 2.24) is 15.0 Å². The van der Waals surface area contributed by atoms with E-state index in [1.807, 2.05) is 53.4 Å². The number of piperazine rings is 1. The molecule has 172 valence electrons. The summed E-state index contributed by atoms with van der Waals surface area (Å²) in [7, 11) is 0. The molecular formula is C26H26FN7. The van der Waals surface area contributed by atoms with E-state index < -0.39 is 0 Å². The fraction of sp³-hybridized carbons (Fsp3) is 0.192. The first-order chi connectivity index (χ1) is 16.7. The van der Waals surface area contributed by atoms with Crippen LogP contribution in [-0.2, 0) is 6.54 Å². The van der Waals surface area contributed by atoms with Gasteiger partial charge in [-0.15, -0.1) is 0 Å². The summed E-state index contributed by atoms with van der Waals surface area (Å²) in [5, 5.41) is 0. The van der Waals surface area contributed by atoms with Crippen LogP contribution in [0.4, 0.5) is 33.2 Å². The van der Waals surface area contributed by atoms with Gasteiger partial charge >= 0.3 is 0 Å². The molecule has 0 atom stereocenters. The Bertz CT molecular complexity index is 1210. The van der Waals surface area contributed by atoms with E-state index in [1.165, 1.54) is 12.1 Å². The van der Waals surface area contributed by atoms with Crippen LogP contribution in [0.15, 0.2) is 85.3 Å². The third kappa shape index (κ3) is 4.61. The van der Waals surface area contributed by atoms with Gasteiger partial charge < -0.3 is 20.4 Å². The van der Waals surface area contributed by atoms with Crippen LogP contribution in [0.5, 0.6) is 0 Å². The minimum atomic E-state index is -0.225. The summed E-state index contributed by atoms with van der Waals surface area (Å²) in [5.74, 6) is 1.90. The fourth-order valence-corrected chi connectivity index (χ4v) is 4.22. The zero-order valence-corrected chi connectivity index (χ0v) is 18.8. The monoisotopic (exact) mass is 455 g/mol. The van der Waals surface area contributed by atoms with Gasteiger partial charge in [-0.25, -0.2) is 19.3 Å². The van der Waals surface area contributed by atoms with Crippen LogP contribution >= 0.6 is 0 Å². The fourth-order valence-electron chi connectivity index (χ4n) is 4.22. The van der Waals surface area contributed by atoms with Gasteiger partial charge in [-0.1, -0.05) is 36.4 Å². The van der Waals surface area contributed by atoms with Crippen molar-refractivity contribution in [2.45, 2.75) is 6.54 Å². The minimum absolute atomic E-state index is 0.225. The van der Waals surface area contributed by atoms with E-state index >= 15 is 0 Å². The van der Waals surface area contributed by atoms with Crippen LogP contribution in [0.3, 0.4) is 0 Å². The van der Waals surface area contributed by atoms with Crippen molar-refractivity contribution in [1.29, 1.82) is 0 Å². The second-order valence-electron chi connectivity index (χ2n) is 8.14. The minimum Gasteiger partial charge on any atom is -0.393 e. The lowest BCUT2D eigenvalue weighted by Gasteiger charge is -2.37. The van der Waals surface area contributed by atoms with Crippen LogP contribution < -0.4 is 20.4 Å². The number of nitrogen functional groups attached to an aromatic ring is 1. The second kappa shape index (κ2) is 9.74. The molecule has 0 bridgehead atoms. The van der Waals surface area contributed by atoms with Gasteiger partial charge in [0.05, 0.1) is 6.54 Å². The molecule has 5 rings (SSSR count). The number of benzene rings is 2. The summed E-state index contributed by atoms with van der Waals surface area (Å²) >= 11 is 0. The summed E-state index contributed by atoms with van der Waals surface area (Å²) in [5.41, 5.74) is 9.35. The Morgan fingerprint density at radius 3 is 2.21 bits per heavy atom. The van der Waals surface area contributed by atoms with Gasteiger partial charge in [0.1, 0.15) is 23.6 Å². The van der Waals surface area contributed by atoms with Crippen LogP contribution in [0, 0.1) is 5.82 Å². The molecular weight excluding hydrogens is 429 g/mol. The number of halogens is 1. The Morgan fingerprint density at radius 1 is 0.794 bits per heavy atom. The van der Waals surface area contributed by atoms with Crippen molar-refractivity contribution >= 4 is 28.8 Å². The van der Waals surface area contributed by atoms with E-state index in [9.17, 15) is 4.39 Å². The smallest absolute Gasteiger partial charge is 0.163 e. The molecule has 0 radical (unpaired) electrons. The lowest BCUT2D eigenvalue weighted by molar-refractivity contribution is 0.624. The number of hydrogen-bond donors (Lipinski definition) is 1. The van der Waals surface area contributed by atoms with Crippen molar-refractivity contribution in [3.05, 3.63) is 96.7 Å². The third-order valence-electron chi connectivity index (χ3n) is 5.98. The Morgan fingerprint density at radius 2 is 1.50 bits per heavy atom. The molecule has 2 N–H and O–H groups in total. The number of nitrogens with two attached hydrogens (primary N) is 1. The van der Waals surface area contributed by atoms with Crippen molar-refractivity contribution < 1.29 is 4.39 Å². The SMILES string of the molecule is Nc1c(N2CCN(c3ccc(F)cc3)CC2)ncnc1N(Cc1ccccc1)c1ccccn1. The Labute approximate surface area is 198 Å². The van der Waals surface area contributed by atoms with Gasteiger partial charge in [0, 0.05) is 38.1 Å². The molecule has 0 unspecified atom stereocenters. The van der Waals surface area contributed by atoms with Gasteiger partial charge in [-0.3, -0.25) is 0 Å². The van der Waals surface area contributed by atoms with Gasteiger partial charge in [-0.05, 0) is 42.0 Å². The molecule has 0 saturated carbocycles. The normalized spacial score (nSPS) is 13.7. The van der Waals surface area contributed by atoms with Crippen LogP contribution in [0.1, 0.15) is 5.56 Å². The van der Waals surface area contributed by atoms with E-state index in [2.05, 4.69) is 36.9 Å². The van der Waals surface area contributed by atoms with Gasteiger partial charge in [-0.2, -0.15) is 0 Å². The number of nitrogens with zero attached hydrogens (tertiary/aromatic N) is 6. The molecule has 3 heterocycles. The molecule has 34 heavy (non-hydrogen) atoms. The van der Waals surface area contributed by atoms with Crippen molar-refractivity contribution in [2.24, 2.45) is 0 Å². The highest BCUT2D eigenvalue weighted by molar-refractivity contribution is 5.79. The van der Waals surface area contributed by atoms with E-state index in [0.717, 1.165) is 49.1 Å². The van der Waals surface area contributed by atoms with Crippen LogP contribution in [-0.4, -0.2) is 41.1 Å². The molecule has 1 aliphatic heterocycles. The molecule has 0 aliphatic carbocycles. The first-order valence-corrected chi connectivity index (χ1v) is 11.3. The predicted molar refractivity (Wildman–Crippen MR) is 134 cm³/mol. The van der Waals surface area contributed by atoms with Gasteiger partial charge in [0.25, 0.3) is 0 Å². The summed E-state index contributed by atoms with van der Waals surface area (Å²) in [6.07, 6.45) is 3.33. The maximum absolute atomic E-state index is 13.3. The first kappa shape index (κ1) is 21.6. The Balaban J connectivity index is 1.40. The topological polar surface area (TPSA) is 74.4 Å². The zero-order chi connectivity index (χ0) is 23.3. The summed E-state index contributed by atoms with van der Waals surface area (Å²) < 4.78 is 13.3. The number of pyridine rings is 1. The number of rotatable bonds is 6. The third-order valence-corrected chi connectivity index (χ3v) is 5.98. The number of hydrogen-bond acceptors (Lipinski definition) is 7. The molecule has 1 aliphatic rings. The molecule has 0 spiro atoms. The van der Waals surface area contributed by atoms with E-state index in [-0.39, 0.29) is 5.82 Å². The van der Waals surface area contributed by atoms with E-state index in [4.69, 9.17) is 5.73 Å². The van der Waals surface area contributed by atoms with Crippen molar-refractivity contribution in [3.8, 4) is 0 Å².